The SMILES string of the molecule is COc1ccc(Cc2nc3ccccc3n2CCCOC(C)=O)cc1. The summed E-state index contributed by atoms with van der Waals surface area (Å²) in [5, 5.41) is 0. The maximum atomic E-state index is 10.9. The van der Waals surface area contributed by atoms with Crippen LogP contribution in [0.2, 0.25) is 0 Å². The molecule has 0 saturated heterocycles. The molecular weight excluding hydrogens is 316 g/mol. The van der Waals surface area contributed by atoms with Gasteiger partial charge in [0.25, 0.3) is 0 Å². The summed E-state index contributed by atoms with van der Waals surface area (Å²) in [6.45, 7) is 2.62. The van der Waals surface area contributed by atoms with E-state index in [1.54, 1.807) is 7.11 Å². The highest BCUT2D eigenvalue weighted by molar-refractivity contribution is 5.76. The number of carbonyl (C=O) groups is 1. The molecule has 0 unspecified atom stereocenters. The van der Waals surface area contributed by atoms with Gasteiger partial charge in [0.05, 0.1) is 24.8 Å². The molecule has 5 nitrogen and oxygen atoms in total. The molecule has 0 saturated carbocycles. The summed E-state index contributed by atoms with van der Waals surface area (Å²) in [6, 6.07) is 16.1. The molecule has 3 aromatic rings. The smallest absolute Gasteiger partial charge is 0.302 e. The molecule has 3 rings (SSSR count). The second-order valence-corrected chi connectivity index (χ2v) is 5.89. The van der Waals surface area contributed by atoms with Gasteiger partial charge in [-0.25, -0.2) is 4.98 Å². The Bertz CT molecular complexity index is 853. The van der Waals surface area contributed by atoms with Crippen molar-refractivity contribution in [3.05, 3.63) is 59.9 Å². The number of methoxy groups -OCH3 is 1. The second-order valence-electron chi connectivity index (χ2n) is 5.89. The summed E-state index contributed by atoms with van der Waals surface area (Å²) in [5.41, 5.74) is 3.27. The average molecular weight is 338 g/mol. The Balaban J connectivity index is 1.82. The standard InChI is InChI=1S/C20H22N2O3/c1-15(23)25-13-5-12-22-19-7-4-3-6-18(19)21-20(22)14-16-8-10-17(24-2)11-9-16/h3-4,6-11H,5,12-14H2,1-2H3. The van der Waals surface area contributed by atoms with Crippen molar-refractivity contribution in [2.45, 2.75) is 26.3 Å². The first-order valence-electron chi connectivity index (χ1n) is 8.38. The first kappa shape index (κ1) is 17.0. The van der Waals surface area contributed by atoms with Crippen molar-refractivity contribution in [1.82, 2.24) is 9.55 Å². The Labute approximate surface area is 147 Å². The third-order valence-corrected chi connectivity index (χ3v) is 4.09. The number of esters is 1. The van der Waals surface area contributed by atoms with Crippen LogP contribution in [-0.2, 0) is 22.5 Å². The maximum absolute atomic E-state index is 10.9. The Morgan fingerprint density at radius 3 is 2.60 bits per heavy atom. The lowest BCUT2D eigenvalue weighted by Gasteiger charge is -2.10. The van der Waals surface area contributed by atoms with E-state index in [1.807, 2.05) is 30.3 Å². The third-order valence-electron chi connectivity index (χ3n) is 4.09. The number of nitrogens with zero attached hydrogens (tertiary/aromatic N) is 2. The molecule has 0 spiro atoms. The predicted octanol–water partition coefficient (Wildman–Crippen LogP) is 3.59. The maximum Gasteiger partial charge on any atom is 0.302 e. The first-order valence-corrected chi connectivity index (χ1v) is 8.38. The highest BCUT2D eigenvalue weighted by Gasteiger charge is 2.11. The van der Waals surface area contributed by atoms with Crippen molar-refractivity contribution in [3.63, 3.8) is 0 Å². The number of hydrogen-bond acceptors (Lipinski definition) is 4. The van der Waals surface area contributed by atoms with Gasteiger partial charge in [-0.3, -0.25) is 4.79 Å². The van der Waals surface area contributed by atoms with Gasteiger partial charge in [-0.2, -0.15) is 0 Å². The molecule has 5 heteroatoms. The highest BCUT2D eigenvalue weighted by Crippen LogP contribution is 2.20. The first-order chi connectivity index (χ1) is 12.2. The normalized spacial score (nSPS) is 10.8. The van der Waals surface area contributed by atoms with Crippen molar-refractivity contribution in [2.75, 3.05) is 13.7 Å². The van der Waals surface area contributed by atoms with E-state index in [1.165, 1.54) is 12.5 Å². The van der Waals surface area contributed by atoms with E-state index < -0.39 is 0 Å². The number of aromatic nitrogens is 2. The van der Waals surface area contributed by atoms with Crippen LogP contribution in [0.25, 0.3) is 11.0 Å². The number of rotatable bonds is 7. The van der Waals surface area contributed by atoms with Gasteiger partial charge in [-0.1, -0.05) is 24.3 Å². The molecular formula is C20H22N2O3. The zero-order valence-electron chi connectivity index (χ0n) is 14.6. The van der Waals surface area contributed by atoms with Gasteiger partial charge >= 0.3 is 5.97 Å². The molecule has 1 aromatic heterocycles. The second kappa shape index (κ2) is 7.83. The van der Waals surface area contributed by atoms with Crippen LogP contribution in [0.1, 0.15) is 24.7 Å². The van der Waals surface area contributed by atoms with Crippen LogP contribution < -0.4 is 4.74 Å². The number of benzene rings is 2. The van der Waals surface area contributed by atoms with E-state index in [-0.39, 0.29) is 5.97 Å². The molecule has 2 aromatic carbocycles. The van der Waals surface area contributed by atoms with Gasteiger partial charge in [-0.15, -0.1) is 0 Å². The Hall–Kier alpha value is -2.82. The van der Waals surface area contributed by atoms with Crippen LogP contribution in [0, 0.1) is 0 Å². The monoisotopic (exact) mass is 338 g/mol. The average Bonchev–Trinajstić information content (AvgIpc) is 2.96. The van der Waals surface area contributed by atoms with Crippen LogP contribution >= 0.6 is 0 Å². The highest BCUT2D eigenvalue weighted by atomic mass is 16.5. The topological polar surface area (TPSA) is 53.4 Å². The Kier molecular flexibility index (Phi) is 5.33. The molecule has 130 valence electrons. The fraction of sp³-hybridized carbons (Fsp3) is 0.300. The number of hydrogen-bond donors (Lipinski definition) is 0. The minimum absolute atomic E-state index is 0.242. The molecule has 0 aliphatic heterocycles. The van der Waals surface area contributed by atoms with Crippen molar-refractivity contribution in [1.29, 1.82) is 0 Å². The van der Waals surface area contributed by atoms with Gasteiger partial charge in [0, 0.05) is 19.9 Å². The van der Waals surface area contributed by atoms with E-state index in [4.69, 9.17) is 14.5 Å². The Morgan fingerprint density at radius 1 is 1.12 bits per heavy atom. The number of aryl methyl sites for hydroxylation is 1. The molecule has 0 fully saturated rings. The van der Waals surface area contributed by atoms with Crippen LogP contribution in [-0.4, -0.2) is 29.2 Å². The molecule has 25 heavy (non-hydrogen) atoms. The van der Waals surface area contributed by atoms with Crippen LogP contribution in [0.5, 0.6) is 5.75 Å². The van der Waals surface area contributed by atoms with Gasteiger partial charge < -0.3 is 14.0 Å². The van der Waals surface area contributed by atoms with Gasteiger partial charge in [0.15, 0.2) is 0 Å². The molecule has 0 aliphatic rings. The summed E-state index contributed by atoms with van der Waals surface area (Å²) < 4.78 is 12.5. The van der Waals surface area contributed by atoms with E-state index in [9.17, 15) is 4.79 Å². The van der Waals surface area contributed by atoms with Crippen molar-refractivity contribution < 1.29 is 14.3 Å². The quantitative estimate of drug-likeness (QED) is 0.488. The lowest BCUT2D eigenvalue weighted by Crippen LogP contribution is -2.08. The lowest BCUT2D eigenvalue weighted by atomic mass is 10.1. The van der Waals surface area contributed by atoms with Gasteiger partial charge in [0.2, 0.25) is 0 Å². The fourth-order valence-corrected chi connectivity index (χ4v) is 2.87. The van der Waals surface area contributed by atoms with Crippen molar-refractivity contribution >= 4 is 17.0 Å². The number of carbonyl (C=O) groups excluding carboxylic acids is 1. The summed E-state index contributed by atoms with van der Waals surface area (Å²) >= 11 is 0. The van der Waals surface area contributed by atoms with Crippen molar-refractivity contribution in [2.24, 2.45) is 0 Å². The molecule has 0 radical (unpaired) electrons. The molecule has 0 amide bonds. The number of ether oxygens (including phenoxy) is 2. The fourth-order valence-electron chi connectivity index (χ4n) is 2.87. The summed E-state index contributed by atoms with van der Waals surface area (Å²) in [6.07, 6.45) is 1.50. The summed E-state index contributed by atoms with van der Waals surface area (Å²) in [7, 11) is 1.66. The molecule has 0 aliphatic carbocycles. The zero-order valence-corrected chi connectivity index (χ0v) is 14.6. The van der Waals surface area contributed by atoms with Crippen molar-refractivity contribution in [3.8, 4) is 5.75 Å². The number of para-hydroxylation sites is 2. The van der Waals surface area contributed by atoms with Crippen LogP contribution in [0.3, 0.4) is 0 Å². The van der Waals surface area contributed by atoms with Crippen LogP contribution in [0.15, 0.2) is 48.5 Å². The predicted molar refractivity (Wildman–Crippen MR) is 96.8 cm³/mol. The lowest BCUT2D eigenvalue weighted by molar-refractivity contribution is -0.141. The third kappa shape index (κ3) is 4.18. The molecule has 0 N–H and O–H groups in total. The number of fused-ring (bicyclic) bond motifs is 1. The van der Waals surface area contributed by atoms with E-state index in [2.05, 4.69) is 22.8 Å². The zero-order chi connectivity index (χ0) is 17.6. The Morgan fingerprint density at radius 2 is 1.88 bits per heavy atom. The van der Waals surface area contributed by atoms with Crippen LogP contribution in [0.4, 0.5) is 0 Å². The molecule has 0 atom stereocenters. The van der Waals surface area contributed by atoms with E-state index in [0.29, 0.717) is 6.61 Å². The van der Waals surface area contributed by atoms with Gasteiger partial charge in [0.1, 0.15) is 11.6 Å². The van der Waals surface area contributed by atoms with E-state index >= 15 is 0 Å². The largest absolute Gasteiger partial charge is 0.497 e. The molecule has 1 heterocycles. The minimum atomic E-state index is -0.242. The minimum Gasteiger partial charge on any atom is -0.497 e. The number of imidazole rings is 1. The summed E-state index contributed by atoms with van der Waals surface area (Å²) in [4.78, 5) is 15.7. The van der Waals surface area contributed by atoms with Gasteiger partial charge in [-0.05, 0) is 36.2 Å². The molecule has 0 bridgehead atoms. The summed E-state index contributed by atoms with van der Waals surface area (Å²) in [5.74, 6) is 1.61. The van der Waals surface area contributed by atoms with E-state index in [0.717, 1.165) is 42.0 Å².